The second kappa shape index (κ2) is 4.43. The molecular formula is C8H9BO2S. The van der Waals surface area contributed by atoms with Crippen molar-refractivity contribution in [1.29, 1.82) is 0 Å². The molecule has 1 atom stereocenters. The highest BCUT2D eigenvalue weighted by Gasteiger charge is 2.00. The van der Waals surface area contributed by atoms with E-state index >= 15 is 0 Å². The molecule has 0 bridgehead atoms. The molecule has 0 aliphatic rings. The molecule has 0 amide bonds. The van der Waals surface area contributed by atoms with Crippen LogP contribution in [0.25, 0.3) is 0 Å². The van der Waals surface area contributed by atoms with E-state index < -0.39 is 11.1 Å². The lowest BCUT2D eigenvalue weighted by molar-refractivity contribution is 0.445. The standard InChI is InChI=1S/C8H9BO2S/c1-11-12(10)8-4-2-7(6-9)3-5-8/h2-5H,6H2,1H3. The topological polar surface area (TPSA) is 26.3 Å². The van der Waals surface area contributed by atoms with Gasteiger partial charge in [-0.25, -0.2) is 4.21 Å². The van der Waals surface area contributed by atoms with Gasteiger partial charge in [-0.1, -0.05) is 24.0 Å². The van der Waals surface area contributed by atoms with Crippen molar-refractivity contribution >= 4 is 18.9 Å². The van der Waals surface area contributed by atoms with Crippen LogP contribution in [0.2, 0.25) is 0 Å². The van der Waals surface area contributed by atoms with Crippen LogP contribution in [-0.2, 0) is 21.6 Å². The summed E-state index contributed by atoms with van der Waals surface area (Å²) in [6.45, 7) is 0. The van der Waals surface area contributed by atoms with Crippen molar-refractivity contribution in [3.63, 3.8) is 0 Å². The van der Waals surface area contributed by atoms with E-state index in [2.05, 4.69) is 4.18 Å². The predicted octanol–water partition coefficient (Wildman–Crippen LogP) is 1.02. The van der Waals surface area contributed by atoms with Gasteiger partial charge in [0.15, 0.2) is 11.1 Å². The Hall–Kier alpha value is -0.605. The molecule has 0 spiro atoms. The van der Waals surface area contributed by atoms with Crippen LogP contribution >= 0.6 is 0 Å². The number of benzene rings is 1. The maximum atomic E-state index is 11.1. The van der Waals surface area contributed by atoms with Crippen molar-refractivity contribution in [2.24, 2.45) is 0 Å². The molecule has 0 saturated heterocycles. The van der Waals surface area contributed by atoms with E-state index in [1.165, 1.54) is 7.11 Å². The maximum absolute atomic E-state index is 11.1. The van der Waals surface area contributed by atoms with Crippen molar-refractivity contribution in [1.82, 2.24) is 0 Å². The lowest BCUT2D eigenvalue weighted by Crippen LogP contribution is -1.93. The molecular weight excluding hydrogens is 171 g/mol. The zero-order valence-corrected chi connectivity index (χ0v) is 7.64. The Balaban J connectivity index is 2.84. The summed E-state index contributed by atoms with van der Waals surface area (Å²) in [6.07, 6.45) is 0.500. The van der Waals surface area contributed by atoms with Crippen LogP contribution in [-0.4, -0.2) is 19.2 Å². The lowest BCUT2D eigenvalue weighted by atomic mass is 9.97. The van der Waals surface area contributed by atoms with Crippen molar-refractivity contribution in [2.45, 2.75) is 11.2 Å². The van der Waals surface area contributed by atoms with Crippen LogP contribution in [0.3, 0.4) is 0 Å². The third-order valence-corrected chi connectivity index (χ3v) is 2.46. The molecule has 0 fully saturated rings. The Labute approximate surface area is 76.0 Å². The van der Waals surface area contributed by atoms with Gasteiger partial charge in [-0.05, 0) is 12.1 Å². The Morgan fingerprint density at radius 2 is 2.00 bits per heavy atom. The maximum Gasteiger partial charge on any atom is 0.188 e. The summed E-state index contributed by atoms with van der Waals surface area (Å²) < 4.78 is 15.7. The SMILES string of the molecule is [B]Cc1ccc(S(=O)OC)cc1. The summed E-state index contributed by atoms with van der Waals surface area (Å²) in [5, 5.41) is 0. The third-order valence-electron chi connectivity index (χ3n) is 1.50. The van der Waals surface area contributed by atoms with E-state index in [1.807, 2.05) is 12.1 Å². The molecule has 0 aromatic heterocycles. The second-order valence-electron chi connectivity index (χ2n) is 2.25. The summed E-state index contributed by atoms with van der Waals surface area (Å²) in [6, 6.07) is 7.18. The average molecular weight is 180 g/mol. The fraction of sp³-hybridized carbons (Fsp3) is 0.250. The highest BCUT2D eigenvalue weighted by atomic mass is 32.2. The van der Waals surface area contributed by atoms with Crippen LogP contribution < -0.4 is 0 Å². The minimum Gasteiger partial charge on any atom is -0.290 e. The first-order chi connectivity index (χ1) is 5.77. The summed E-state index contributed by atoms with van der Waals surface area (Å²) in [4.78, 5) is 0.662. The fourth-order valence-corrected chi connectivity index (χ4v) is 1.38. The van der Waals surface area contributed by atoms with E-state index in [0.29, 0.717) is 11.2 Å². The minimum absolute atomic E-state index is 0.500. The van der Waals surface area contributed by atoms with Gasteiger partial charge in [-0.2, -0.15) is 0 Å². The van der Waals surface area contributed by atoms with E-state index in [9.17, 15) is 4.21 Å². The quantitative estimate of drug-likeness (QED) is 0.649. The molecule has 1 aromatic rings. The monoisotopic (exact) mass is 180 g/mol. The molecule has 0 heterocycles. The van der Waals surface area contributed by atoms with Gasteiger partial charge >= 0.3 is 0 Å². The van der Waals surface area contributed by atoms with E-state index in [1.54, 1.807) is 12.1 Å². The predicted molar refractivity (Wildman–Crippen MR) is 49.3 cm³/mol. The minimum atomic E-state index is -1.34. The van der Waals surface area contributed by atoms with Crippen LogP contribution in [0, 0.1) is 0 Å². The molecule has 1 unspecified atom stereocenters. The molecule has 0 saturated carbocycles. The summed E-state index contributed by atoms with van der Waals surface area (Å²) in [5.74, 6) is 0. The highest BCUT2D eigenvalue weighted by molar-refractivity contribution is 7.80. The summed E-state index contributed by atoms with van der Waals surface area (Å²) in [7, 11) is 6.81. The molecule has 12 heavy (non-hydrogen) atoms. The van der Waals surface area contributed by atoms with Gasteiger partial charge in [0, 0.05) is 0 Å². The zero-order valence-electron chi connectivity index (χ0n) is 6.82. The van der Waals surface area contributed by atoms with Crippen molar-refractivity contribution in [3.8, 4) is 0 Å². The first-order valence-electron chi connectivity index (χ1n) is 3.53. The Morgan fingerprint density at radius 3 is 2.42 bits per heavy atom. The smallest absolute Gasteiger partial charge is 0.188 e. The van der Waals surface area contributed by atoms with Crippen LogP contribution in [0.4, 0.5) is 0 Å². The molecule has 0 N–H and O–H groups in total. The second-order valence-corrected chi connectivity index (χ2v) is 3.52. The van der Waals surface area contributed by atoms with Gasteiger partial charge in [-0.3, -0.25) is 4.18 Å². The molecule has 0 aliphatic heterocycles. The van der Waals surface area contributed by atoms with Crippen molar-refractivity contribution in [2.75, 3.05) is 7.11 Å². The third kappa shape index (κ3) is 2.19. The largest absolute Gasteiger partial charge is 0.290 e. The van der Waals surface area contributed by atoms with Gasteiger partial charge in [0.25, 0.3) is 0 Å². The van der Waals surface area contributed by atoms with Crippen molar-refractivity contribution < 1.29 is 8.39 Å². The normalized spacial score (nSPS) is 12.8. The van der Waals surface area contributed by atoms with E-state index in [4.69, 9.17) is 7.85 Å². The first-order valence-corrected chi connectivity index (χ1v) is 4.60. The van der Waals surface area contributed by atoms with Crippen molar-refractivity contribution in [3.05, 3.63) is 29.8 Å². The summed E-state index contributed by atoms with van der Waals surface area (Å²) in [5.41, 5.74) is 1.02. The van der Waals surface area contributed by atoms with Gasteiger partial charge < -0.3 is 0 Å². The Kier molecular flexibility index (Phi) is 3.50. The molecule has 0 aliphatic carbocycles. The van der Waals surface area contributed by atoms with Crippen LogP contribution in [0.15, 0.2) is 29.2 Å². The van der Waals surface area contributed by atoms with E-state index in [-0.39, 0.29) is 0 Å². The van der Waals surface area contributed by atoms with Crippen LogP contribution in [0.1, 0.15) is 5.56 Å². The Bertz CT molecular complexity index is 271. The first kappa shape index (κ1) is 9.48. The molecule has 4 heteroatoms. The lowest BCUT2D eigenvalue weighted by Gasteiger charge is -1.99. The molecule has 2 nitrogen and oxygen atoms in total. The molecule has 1 rings (SSSR count). The van der Waals surface area contributed by atoms with Gasteiger partial charge in [0.1, 0.15) is 0 Å². The average Bonchev–Trinajstić information content (AvgIpc) is 2.17. The van der Waals surface area contributed by atoms with Gasteiger partial charge in [-0.15, -0.1) is 0 Å². The molecule has 2 radical (unpaired) electrons. The van der Waals surface area contributed by atoms with Gasteiger partial charge in [0.05, 0.1) is 19.9 Å². The number of rotatable bonds is 3. The van der Waals surface area contributed by atoms with E-state index in [0.717, 1.165) is 5.56 Å². The summed E-state index contributed by atoms with van der Waals surface area (Å²) >= 11 is -1.34. The molecule has 62 valence electrons. The Morgan fingerprint density at radius 1 is 1.42 bits per heavy atom. The van der Waals surface area contributed by atoms with Crippen LogP contribution in [0.5, 0.6) is 0 Å². The van der Waals surface area contributed by atoms with Gasteiger partial charge in [0.2, 0.25) is 0 Å². The zero-order chi connectivity index (χ0) is 8.97. The highest BCUT2D eigenvalue weighted by Crippen LogP contribution is 2.08. The number of hydrogen-bond donors (Lipinski definition) is 0. The molecule has 1 aromatic carbocycles. The fourth-order valence-electron chi connectivity index (χ4n) is 0.833. The number of hydrogen-bond acceptors (Lipinski definition) is 2.